The normalized spacial score (nSPS) is 24.3. The van der Waals surface area contributed by atoms with Gasteiger partial charge in [-0.2, -0.15) is 0 Å². The van der Waals surface area contributed by atoms with Gasteiger partial charge in [0.25, 0.3) is 0 Å². The Morgan fingerprint density at radius 1 is 0.535 bits per heavy atom. The summed E-state index contributed by atoms with van der Waals surface area (Å²) in [5, 5.41) is 84.2. The Balaban J connectivity index is 1.29. The quantitative estimate of drug-likeness (QED) is 0.0380. The van der Waals surface area contributed by atoms with E-state index in [1.54, 1.807) is 0 Å². The number of methoxy groups -OCH3 is 2. The van der Waals surface area contributed by atoms with Gasteiger partial charge >= 0.3 is 23.9 Å². The van der Waals surface area contributed by atoms with Gasteiger partial charge in [0.05, 0.1) is 14.2 Å². The lowest BCUT2D eigenvalue weighted by atomic mass is 9.98. The van der Waals surface area contributed by atoms with E-state index in [1.807, 2.05) is 0 Å². The number of benzene rings is 4. The molecule has 0 amide bonds. The van der Waals surface area contributed by atoms with Crippen LogP contribution < -0.4 is 9.47 Å². The highest BCUT2D eigenvalue weighted by atomic mass is 16.8. The number of ether oxygens (including phenoxy) is 9. The molecule has 0 radical (unpaired) electrons. The number of esters is 4. The zero-order valence-corrected chi connectivity index (χ0v) is 37.8. The number of carbonyl (C=O) groups excluding carboxylic acids is 4. The fourth-order valence-electron chi connectivity index (χ4n) is 6.97. The van der Waals surface area contributed by atoms with Crippen LogP contribution in [0.4, 0.5) is 0 Å². The summed E-state index contributed by atoms with van der Waals surface area (Å²) in [4.78, 5) is 52.6. The van der Waals surface area contributed by atoms with Crippen LogP contribution in [0, 0.1) is 0 Å². The molecule has 376 valence electrons. The summed E-state index contributed by atoms with van der Waals surface area (Å²) in [5.74, 6) is -7.04. The molecule has 8 N–H and O–H groups in total. The van der Waals surface area contributed by atoms with Gasteiger partial charge in [-0.3, -0.25) is 0 Å². The number of hydrogen-bond acceptors (Lipinski definition) is 21. The molecule has 2 aliphatic heterocycles. The molecule has 6 rings (SSSR count). The highest BCUT2D eigenvalue weighted by molar-refractivity contribution is 5.89. The van der Waals surface area contributed by atoms with Crippen molar-refractivity contribution in [3.63, 3.8) is 0 Å². The second-order valence-corrected chi connectivity index (χ2v) is 15.7. The van der Waals surface area contributed by atoms with Crippen molar-refractivity contribution in [2.45, 2.75) is 54.8 Å². The summed E-state index contributed by atoms with van der Waals surface area (Å²) >= 11 is 0. The monoisotopic (exact) mass is 986 g/mol. The number of aromatic hydroxyl groups is 4. The summed E-state index contributed by atoms with van der Waals surface area (Å²) in [5.41, 5.74) is 1.74. The maximum Gasteiger partial charge on any atom is 0.331 e. The number of carbonyl (C=O) groups is 4. The second-order valence-electron chi connectivity index (χ2n) is 15.7. The fraction of sp³-hybridized carbons (Fsp3) is 0.280. The van der Waals surface area contributed by atoms with Gasteiger partial charge in [-0.15, -0.1) is 0 Å². The average molecular weight is 987 g/mol. The summed E-state index contributed by atoms with van der Waals surface area (Å²) < 4.78 is 50.2. The van der Waals surface area contributed by atoms with Crippen LogP contribution in [-0.2, 0) is 52.3 Å². The molecule has 2 aliphatic rings. The predicted octanol–water partition coefficient (Wildman–Crippen LogP) is 2.50. The number of aliphatic hydroxyl groups is 4. The Hall–Kier alpha value is -7.76. The maximum atomic E-state index is 13.6. The third-order valence-corrected chi connectivity index (χ3v) is 10.7. The van der Waals surface area contributed by atoms with Crippen molar-refractivity contribution >= 4 is 48.2 Å². The molecule has 71 heavy (non-hydrogen) atoms. The first-order chi connectivity index (χ1) is 34.0. The zero-order valence-electron chi connectivity index (χ0n) is 37.8. The molecule has 0 spiro atoms. The van der Waals surface area contributed by atoms with E-state index in [1.165, 1.54) is 123 Å². The van der Waals surface area contributed by atoms with E-state index in [9.17, 15) is 60.0 Å². The average Bonchev–Trinajstić information content (AvgIpc) is 3.62. The maximum absolute atomic E-state index is 13.6. The van der Waals surface area contributed by atoms with Crippen LogP contribution >= 0.6 is 0 Å². The molecular formula is C50H50O21. The number of rotatable bonds is 19. The van der Waals surface area contributed by atoms with E-state index in [-0.39, 0.29) is 34.5 Å². The van der Waals surface area contributed by atoms with Crippen LogP contribution in [0.2, 0.25) is 0 Å². The van der Waals surface area contributed by atoms with Crippen molar-refractivity contribution in [1.29, 1.82) is 0 Å². The minimum Gasteiger partial charge on any atom is -0.508 e. The standard InChI is InChI=1S/C50H50O21/c1-63-36-23-30(7-17-34(36)53)11-20-41(56)66-26-39-45(60)48(69-43(58)22-10-29-5-15-33(52)16-6-29)50(70-39,27-67-42(57)21-12-31-8-18-35(54)37(24-31)64-2)71-49-47(62)46(61)44(59)38(68-49)25-65-40(55)19-9-28-3-13-32(51)14-4-28/h3-24,38-39,44-49,51-54,59-62H,25-27H2,1-2H3. The first-order valence-electron chi connectivity index (χ1n) is 21.5. The lowest BCUT2D eigenvalue weighted by Crippen LogP contribution is -2.63. The Morgan fingerprint density at radius 2 is 0.972 bits per heavy atom. The van der Waals surface area contributed by atoms with Gasteiger partial charge in [0.1, 0.15) is 67.9 Å². The Morgan fingerprint density at radius 3 is 1.46 bits per heavy atom. The first-order valence-corrected chi connectivity index (χ1v) is 21.5. The molecule has 4 aromatic carbocycles. The molecule has 9 atom stereocenters. The fourth-order valence-corrected chi connectivity index (χ4v) is 6.97. The number of phenolic OH excluding ortho intramolecular Hbond substituents is 4. The first kappa shape index (κ1) is 52.6. The van der Waals surface area contributed by atoms with Gasteiger partial charge in [0, 0.05) is 24.3 Å². The SMILES string of the molecule is COc1cc(C=CC(=O)OCC2OC(COC(=O)C=Cc3ccc(O)c(OC)c3)(OC3OC(COC(=O)C=Cc4ccc(O)cc4)C(O)C(O)C3O)C(OC(=O)C=Cc3ccc(O)cc3)C2O)ccc1O. The highest BCUT2D eigenvalue weighted by Crippen LogP contribution is 2.39. The van der Waals surface area contributed by atoms with Crippen molar-refractivity contribution in [1.82, 2.24) is 0 Å². The molecule has 0 bridgehead atoms. The lowest BCUT2D eigenvalue weighted by molar-refractivity contribution is -0.383. The molecule has 9 unspecified atom stereocenters. The minimum atomic E-state index is -2.72. The molecule has 2 saturated heterocycles. The van der Waals surface area contributed by atoms with Gasteiger partial charge in [-0.25, -0.2) is 19.2 Å². The van der Waals surface area contributed by atoms with Crippen molar-refractivity contribution in [2.75, 3.05) is 34.0 Å². The Labute approximate surface area is 404 Å². The Kier molecular flexibility index (Phi) is 17.9. The predicted molar refractivity (Wildman–Crippen MR) is 246 cm³/mol. The van der Waals surface area contributed by atoms with Crippen LogP contribution in [-0.4, -0.2) is 154 Å². The van der Waals surface area contributed by atoms with E-state index in [2.05, 4.69) is 0 Å². The molecule has 21 heteroatoms. The largest absolute Gasteiger partial charge is 0.508 e. The topological polar surface area (TPSA) is 313 Å². The van der Waals surface area contributed by atoms with Gasteiger partial charge < -0.3 is 83.5 Å². The minimum absolute atomic E-state index is 0.00427. The van der Waals surface area contributed by atoms with Crippen molar-refractivity contribution in [2.24, 2.45) is 0 Å². The second kappa shape index (κ2) is 24.2. The molecule has 0 saturated carbocycles. The molecule has 2 fully saturated rings. The summed E-state index contributed by atoms with van der Waals surface area (Å²) in [7, 11) is 2.65. The summed E-state index contributed by atoms with van der Waals surface area (Å²) in [6.45, 7) is -2.62. The van der Waals surface area contributed by atoms with E-state index < -0.39 is 98.5 Å². The molecular weight excluding hydrogens is 937 g/mol. The summed E-state index contributed by atoms with van der Waals surface area (Å²) in [6, 6.07) is 19.9. The van der Waals surface area contributed by atoms with Crippen molar-refractivity contribution in [3.8, 4) is 34.5 Å². The van der Waals surface area contributed by atoms with Crippen LogP contribution in [0.15, 0.2) is 109 Å². The molecule has 4 aromatic rings. The van der Waals surface area contributed by atoms with Gasteiger partial charge in [-0.05, 0) is 95.1 Å². The molecule has 0 aromatic heterocycles. The van der Waals surface area contributed by atoms with E-state index in [4.69, 9.17) is 42.6 Å². The highest BCUT2D eigenvalue weighted by Gasteiger charge is 2.62. The summed E-state index contributed by atoms with van der Waals surface area (Å²) in [6.07, 6.45) is -6.40. The molecule has 21 nitrogen and oxygen atoms in total. The third-order valence-electron chi connectivity index (χ3n) is 10.7. The number of hydrogen-bond donors (Lipinski definition) is 8. The van der Waals surface area contributed by atoms with E-state index in [0.717, 1.165) is 24.3 Å². The van der Waals surface area contributed by atoms with Crippen LogP contribution in [0.3, 0.4) is 0 Å². The number of phenols is 4. The van der Waals surface area contributed by atoms with E-state index in [0.29, 0.717) is 22.3 Å². The Bertz CT molecular complexity index is 2610. The van der Waals surface area contributed by atoms with E-state index >= 15 is 0 Å². The smallest absolute Gasteiger partial charge is 0.331 e. The zero-order chi connectivity index (χ0) is 51.2. The third kappa shape index (κ3) is 14.2. The van der Waals surface area contributed by atoms with Gasteiger partial charge in [0.2, 0.25) is 5.79 Å². The lowest BCUT2D eigenvalue weighted by Gasteiger charge is -2.43. The van der Waals surface area contributed by atoms with Crippen LogP contribution in [0.25, 0.3) is 24.3 Å². The van der Waals surface area contributed by atoms with Crippen LogP contribution in [0.1, 0.15) is 22.3 Å². The van der Waals surface area contributed by atoms with Gasteiger partial charge in [-0.1, -0.05) is 36.4 Å². The number of aliphatic hydroxyl groups excluding tert-OH is 4. The van der Waals surface area contributed by atoms with Crippen molar-refractivity contribution in [3.05, 3.63) is 131 Å². The molecule has 2 heterocycles. The molecule has 0 aliphatic carbocycles. The van der Waals surface area contributed by atoms with Crippen molar-refractivity contribution < 1.29 is 103 Å². The van der Waals surface area contributed by atoms with Crippen LogP contribution in [0.5, 0.6) is 34.5 Å². The van der Waals surface area contributed by atoms with Gasteiger partial charge in [0.15, 0.2) is 35.4 Å².